The first kappa shape index (κ1) is 14.7. The predicted molar refractivity (Wildman–Crippen MR) is 70.1 cm³/mol. The maximum absolute atomic E-state index is 13.5. The fourth-order valence-corrected chi connectivity index (χ4v) is 2.19. The summed E-state index contributed by atoms with van der Waals surface area (Å²) >= 11 is 0. The summed E-state index contributed by atoms with van der Waals surface area (Å²) in [6.07, 6.45) is 1.78. The Hall–Kier alpha value is -1.73. The molecule has 110 valence electrons. The number of benzene rings is 1. The van der Waals surface area contributed by atoms with Crippen LogP contribution in [0.4, 0.5) is 14.5 Å². The van der Waals surface area contributed by atoms with Gasteiger partial charge in [0, 0.05) is 18.7 Å². The number of nitrogen functional groups attached to an aromatic ring is 1. The Morgan fingerprint density at radius 1 is 1.45 bits per heavy atom. The average molecular weight is 285 g/mol. The second-order valence-corrected chi connectivity index (χ2v) is 5.04. The number of hydrogen-bond acceptors (Lipinski definition) is 4. The number of hydrogen-bond donors (Lipinski definition) is 3. The highest BCUT2D eigenvalue weighted by atomic mass is 19.1. The Kier molecular flexibility index (Phi) is 4.20. The predicted octanol–water partition coefficient (Wildman–Crippen LogP) is 1.55. The van der Waals surface area contributed by atoms with Gasteiger partial charge in [0.25, 0.3) is 5.91 Å². The van der Waals surface area contributed by atoms with Crippen LogP contribution in [0.2, 0.25) is 0 Å². The van der Waals surface area contributed by atoms with E-state index in [2.05, 4.69) is 5.32 Å². The zero-order valence-electron chi connectivity index (χ0n) is 11.1. The van der Waals surface area contributed by atoms with Gasteiger partial charge >= 0.3 is 0 Å². The van der Waals surface area contributed by atoms with Gasteiger partial charge in [-0.3, -0.25) is 10.6 Å². The lowest BCUT2D eigenvalue weighted by Gasteiger charge is -2.23. The molecule has 0 radical (unpaired) electrons. The zero-order chi connectivity index (χ0) is 14.8. The minimum Gasteiger partial charge on any atom is -0.373 e. The lowest BCUT2D eigenvalue weighted by molar-refractivity contribution is 0.0206. The van der Waals surface area contributed by atoms with Crippen LogP contribution in [0, 0.1) is 11.6 Å². The molecule has 1 atom stereocenters. The molecule has 4 N–H and O–H groups in total. The summed E-state index contributed by atoms with van der Waals surface area (Å²) in [5.41, 5.74) is 0.938. The molecule has 1 amide bonds. The summed E-state index contributed by atoms with van der Waals surface area (Å²) in [6, 6.07) is 1.87. The molecule has 1 fully saturated rings. The van der Waals surface area contributed by atoms with Gasteiger partial charge in [0.1, 0.15) is 5.69 Å². The number of carbonyl (C=O) groups is 1. The summed E-state index contributed by atoms with van der Waals surface area (Å²) in [6.45, 7) is 2.85. The van der Waals surface area contributed by atoms with Crippen molar-refractivity contribution in [3.63, 3.8) is 0 Å². The molecule has 0 aliphatic carbocycles. The van der Waals surface area contributed by atoms with Crippen molar-refractivity contribution in [3.05, 3.63) is 29.3 Å². The molecule has 1 saturated heterocycles. The molecule has 0 aromatic heterocycles. The van der Waals surface area contributed by atoms with Crippen LogP contribution >= 0.6 is 0 Å². The fraction of sp³-hybridized carbons (Fsp3) is 0.462. The van der Waals surface area contributed by atoms with Crippen LogP contribution < -0.4 is 16.6 Å². The van der Waals surface area contributed by atoms with Gasteiger partial charge in [-0.15, -0.1) is 0 Å². The van der Waals surface area contributed by atoms with Gasteiger partial charge in [0.2, 0.25) is 0 Å². The average Bonchev–Trinajstić information content (AvgIpc) is 2.83. The van der Waals surface area contributed by atoms with Crippen molar-refractivity contribution in [1.29, 1.82) is 0 Å². The molecule has 1 unspecified atom stereocenters. The Morgan fingerprint density at radius 2 is 2.10 bits per heavy atom. The van der Waals surface area contributed by atoms with E-state index >= 15 is 0 Å². The zero-order valence-corrected chi connectivity index (χ0v) is 11.1. The first-order valence-electron chi connectivity index (χ1n) is 6.33. The first-order valence-corrected chi connectivity index (χ1v) is 6.33. The maximum atomic E-state index is 13.5. The number of nitrogens with one attached hydrogen (secondary N) is 2. The third kappa shape index (κ3) is 3.05. The number of ether oxygens (including phenoxy) is 1. The number of amides is 1. The van der Waals surface area contributed by atoms with Crippen LogP contribution in [0.25, 0.3) is 0 Å². The van der Waals surface area contributed by atoms with Crippen molar-refractivity contribution >= 4 is 11.6 Å². The molecule has 5 nitrogen and oxygen atoms in total. The number of anilines is 1. The van der Waals surface area contributed by atoms with Gasteiger partial charge in [0.15, 0.2) is 11.6 Å². The highest BCUT2D eigenvalue weighted by Gasteiger charge is 2.30. The summed E-state index contributed by atoms with van der Waals surface area (Å²) in [5.74, 6) is 2.61. The third-order valence-corrected chi connectivity index (χ3v) is 3.37. The van der Waals surface area contributed by atoms with Crippen molar-refractivity contribution in [2.75, 3.05) is 18.6 Å². The second kappa shape index (κ2) is 5.72. The number of nitrogens with two attached hydrogens (primary N) is 1. The van der Waals surface area contributed by atoms with Crippen LogP contribution in [0.3, 0.4) is 0 Å². The van der Waals surface area contributed by atoms with E-state index in [1.165, 1.54) is 0 Å². The van der Waals surface area contributed by atoms with Crippen LogP contribution in [0.15, 0.2) is 12.1 Å². The fourth-order valence-electron chi connectivity index (χ4n) is 2.19. The molecule has 20 heavy (non-hydrogen) atoms. The molecule has 1 heterocycles. The molecular weight excluding hydrogens is 268 g/mol. The first-order chi connectivity index (χ1) is 9.45. The maximum Gasteiger partial charge on any atom is 0.251 e. The summed E-state index contributed by atoms with van der Waals surface area (Å²) in [5, 5.41) is 2.62. The molecule has 1 aliphatic heterocycles. The smallest absolute Gasteiger partial charge is 0.251 e. The Balaban J connectivity index is 2.06. The number of hydrazine groups is 1. The van der Waals surface area contributed by atoms with Crippen molar-refractivity contribution in [2.24, 2.45) is 5.84 Å². The van der Waals surface area contributed by atoms with Gasteiger partial charge in [0.05, 0.1) is 5.60 Å². The van der Waals surface area contributed by atoms with E-state index in [0.717, 1.165) is 25.0 Å². The molecule has 1 aliphatic rings. The van der Waals surface area contributed by atoms with Crippen LogP contribution in [-0.4, -0.2) is 24.7 Å². The Morgan fingerprint density at radius 3 is 2.60 bits per heavy atom. The summed E-state index contributed by atoms with van der Waals surface area (Å²) < 4.78 is 32.5. The van der Waals surface area contributed by atoms with E-state index < -0.39 is 28.8 Å². The molecule has 1 aromatic carbocycles. The minimum absolute atomic E-state index is 0.0967. The molecule has 2 rings (SSSR count). The van der Waals surface area contributed by atoms with E-state index in [0.29, 0.717) is 13.2 Å². The minimum atomic E-state index is -0.916. The van der Waals surface area contributed by atoms with Crippen LogP contribution in [0.5, 0.6) is 0 Å². The molecule has 0 spiro atoms. The standard InChI is InChI=1S/C13H17F2N3O2/c1-13(3-2-4-20-13)7-17-12(19)8-5-9(14)11(18-16)10(15)6-8/h5-6,18H,2-4,7,16H2,1H3,(H,17,19). The number of carbonyl (C=O) groups excluding carboxylic acids is 1. The lowest BCUT2D eigenvalue weighted by Crippen LogP contribution is -2.40. The lowest BCUT2D eigenvalue weighted by atomic mass is 10.0. The monoisotopic (exact) mass is 285 g/mol. The summed E-state index contributed by atoms with van der Waals surface area (Å²) in [4.78, 5) is 11.9. The highest BCUT2D eigenvalue weighted by Crippen LogP contribution is 2.24. The van der Waals surface area contributed by atoms with Crippen LogP contribution in [-0.2, 0) is 4.74 Å². The second-order valence-electron chi connectivity index (χ2n) is 5.04. The SMILES string of the molecule is CC1(CNC(=O)c2cc(F)c(NN)c(F)c2)CCCO1. The van der Waals surface area contributed by atoms with E-state index in [4.69, 9.17) is 10.6 Å². The van der Waals surface area contributed by atoms with Crippen molar-refractivity contribution < 1.29 is 18.3 Å². The van der Waals surface area contributed by atoms with Gasteiger partial charge < -0.3 is 15.5 Å². The molecule has 1 aromatic rings. The van der Waals surface area contributed by atoms with E-state index in [1.807, 2.05) is 12.3 Å². The van der Waals surface area contributed by atoms with E-state index in [-0.39, 0.29) is 5.56 Å². The normalized spacial score (nSPS) is 21.8. The number of halogens is 2. The molecular formula is C13H17F2N3O2. The highest BCUT2D eigenvalue weighted by molar-refractivity contribution is 5.94. The van der Waals surface area contributed by atoms with E-state index in [9.17, 15) is 13.6 Å². The van der Waals surface area contributed by atoms with Gasteiger partial charge in [-0.2, -0.15) is 0 Å². The quantitative estimate of drug-likeness (QED) is 0.579. The molecule has 0 saturated carbocycles. The Bertz CT molecular complexity index is 493. The summed E-state index contributed by atoms with van der Waals surface area (Å²) in [7, 11) is 0. The van der Waals surface area contributed by atoms with Gasteiger partial charge in [-0.05, 0) is 31.9 Å². The van der Waals surface area contributed by atoms with Gasteiger partial charge in [-0.1, -0.05) is 0 Å². The topological polar surface area (TPSA) is 76.4 Å². The largest absolute Gasteiger partial charge is 0.373 e. The van der Waals surface area contributed by atoms with Crippen molar-refractivity contribution in [2.45, 2.75) is 25.4 Å². The molecule has 0 bridgehead atoms. The van der Waals surface area contributed by atoms with Crippen molar-refractivity contribution in [3.8, 4) is 0 Å². The molecule has 7 heteroatoms. The van der Waals surface area contributed by atoms with E-state index in [1.54, 1.807) is 0 Å². The third-order valence-electron chi connectivity index (χ3n) is 3.37. The Labute approximate surface area is 115 Å². The van der Waals surface area contributed by atoms with Crippen LogP contribution in [0.1, 0.15) is 30.1 Å². The van der Waals surface area contributed by atoms with Crippen molar-refractivity contribution in [1.82, 2.24) is 5.32 Å². The van der Waals surface area contributed by atoms with Gasteiger partial charge in [-0.25, -0.2) is 8.78 Å². The number of rotatable bonds is 4.